The van der Waals surface area contributed by atoms with E-state index in [-0.39, 0.29) is 11.1 Å². The lowest BCUT2D eigenvalue weighted by Crippen LogP contribution is -2.33. The van der Waals surface area contributed by atoms with Crippen LogP contribution in [0.15, 0.2) is 11.2 Å². The van der Waals surface area contributed by atoms with Crippen molar-refractivity contribution in [3.05, 3.63) is 12.0 Å². The molecule has 5 nitrogen and oxygen atoms in total. The van der Waals surface area contributed by atoms with Gasteiger partial charge in [0.1, 0.15) is 5.82 Å². The fraction of sp³-hybridized carbons (Fsp3) is 0.750. The Morgan fingerprint density at radius 2 is 2.26 bits per heavy atom. The SMILES string of the molecule is CCSC1CCC(NS(=O)(=O)c2cnc(CC)[nH]2)C1. The lowest BCUT2D eigenvalue weighted by atomic mass is 10.3. The van der Waals surface area contributed by atoms with Crippen molar-refractivity contribution >= 4 is 21.8 Å². The third-order valence-electron chi connectivity index (χ3n) is 3.34. The fourth-order valence-corrected chi connectivity index (χ4v) is 4.74. The average molecular weight is 303 g/mol. The summed E-state index contributed by atoms with van der Waals surface area (Å²) in [5, 5.41) is 0.765. The first-order valence-electron chi connectivity index (χ1n) is 6.73. The molecule has 1 saturated carbocycles. The molecule has 1 aromatic rings. The van der Waals surface area contributed by atoms with Crippen molar-refractivity contribution in [2.75, 3.05) is 5.75 Å². The minimum absolute atomic E-state index is 0.0578. The molecule has 2 N–H and O–H groups in total. The Hall–Kier alpha value is -0.530. The van der Waals surface area contributed by atoms with Gasteiger partial charge in [-0.2, -0.15) is 11.8 Å². The third kappa shape index (κ3) is 3.73. The Morgan fingerprint density at radius 3 is 2.89 bits per heavy atom. The second kappa shape index (κ2) is 6.28. The average Bonchev–Trinajstić information content (AvgIpc) is 2.98. The first-order valence-corrected chi connectivity index (χ1v) is 9.26. The molecule has 2 unspecified atom stereocenters. The molecular weight excluding hydrogens is 282 g/mol. The van der Waals surface area contributed by atoms with Gasteiger partial charge < -0.3 is 4.98 Å². The molecule has 2 rings (SSSR count). The summed E-state index contributed by atoms with van der Waals surface area (Å²) < 4.78 is 27.2. The zero-order chi connectivity index (χ0) is 13.9. The van der Waals surface area contributed by atoms with Crippen LogP contribution in [0.3, 0.4) is 0 Å². The van der Waals surface area contributed by atoms with Crippen molar-refractivity contribution < 1.29 is 8.42 Å². The van der Waals surface area contributed by atoms with Gasteiger partial charge in [0.05, 0.1) is 6.20 Å². The summed E-state index contributed by atoms with van der Waals surface area (Å²) >= 11 is 1.92. The third-order valence-corrected chi connectivity index (χ3v) is 6.00. The molecule has 1 aliphatic carbocycles. The van der Waals surface area contributed by atoms with E-state index in [9.17, 15) is 8.42 Å². The molecule has 1 aliphatic rings. The predicted molar refractivity (Wildman–Crippen MR) is 77.8 cm³/mol. The summed E-state index contributed by atoms with van der Waals surface area (Å²) in [5.74, 6) is 1.79. The molecule has 19 heavy (non-hydrogen) atoms. The van der Waals surface area contributed by atoms with Gasteiger partial charge in [-0.15, -0.1) is 0 Å². The van der Waals surface area contributed by atoms with E-state index in [1.807, 2.05) is 18.7 Å². The number of aromatic amines is 1. The molecule has 0 saturated heterocycles. The van der Waals surface area contributed by atoms with Crippen molar-refractivity contribution in [3.63, 3.8) is 0 Å². The zero-order valence-electron chi connectivity index (χ0n) is 11.3. The van der Waals surface area contributed by atoms with Gasteiger partial charge in [0.2, 0.25) is 0 Å². The first kappa shape index (κ1) is 14.9. The van der Waals surface area contributed by atoms with E-state index in [0.717, 1.165) is 25.0 Å². The number of nitrogens with one attached hydrogen (secondary N) is 2. The molecule has 108 valence electrons. The number of H-pyrrole nitrogens is 1. The highest BCUT2D eigenvalue weighted by molar-refractivity contribution is 7.99. The molecule has 0 radical (unpaired) electrons. The van der Waals surface area contributed by atoms with Gasteiger partial charge in [0.25, 0.3) is 10.0 Å². The van der Waals surface area contributed by atoms with Crippen LogP contribution in [0.1, 0.15) is 38.9 Å². The fourth-order valence-electron chi connectivity index (χ4n) is 2.38. The summed E-state index contributed by atoms with van der Waals surface area (Å²) in [7, 11) is -3.45. The minimum Gasteiger partial charge on any atom is -0.332 e. The van der Waals surface area contributed by atoms with E-state index in [0.29, 0.717) is 17.5 Å². The molecular formula is C12H21N3O2S2. The Morgan fingerprint density at radius 1 is 1.47 bits per heavy atom. The van der Waals surface area contributed by atoms with Crippen LogP contribution < -0.4 is 4.72 Å². The number of hydrogen-bond donors (Lipinski definition) is 2. The number of aromatic nitrogens is 2. The smallest absolute Gasteiger partial charge is 0.257 e. The van der Waals surface area contributed by atoms with E-state index in [4.69, 9.17) is 0 Å². The highest BCUT2D eigenvalue weighted by atomic mass is 32.2. The number of imidazole rings is 1. The normalized spacial score (nSPS) is 23.9. The van der Waals surface area contributed by atoms with Crippen LogP contribution in [0.4, 0.5) is 0 Å². The Balaban J connectivity index is 1.98. The van der Waals surface area contributed by atoms with Gasteiger partial charge in [0.15, 0.2) is 5.03 Å². The van der Waals surface area contributed by atoms with E-state index < -0.39 is 10.0 Å². The van der Waals surface area contributed by atoms with Crippen molar-refractivity contribution in [2.24, 2.45) is 0 Å². The molecule has 0 amide bonds. The number of hydrogen-bond acceptors (Lipinski definition) is 4. The Labute approximate surface area is 119 Å². The number of thioether (sulfide) groups is 1. The molecule has 1 heterocycles. The maximum atomic E-state index is 12.2. The monoisotopic (exact) mass is 303 g/mol. The van der Waals surface area contributed by atoms with E-state index >= 15 is 0 Å². The molecule has 0 spiro atoms. The van der Waals surface area contributed by atoms with E-state index in [1.165, 1.54) is 6.20 Å². The Bertz CT molecular complexity index is 513. The maximum absolute atomic E-state index is 12.2. The molecule has 0 aliphatic heterocycles. The van der Waals surface area contributed by atoms with Crippen molar-refractivity contribution in [1.29, 1.82) is 0 Å². The highest BCUT2D eigenvalue weighted by Crippen LogP contribution is 2.30. The van der Waals surface area contributed by atoms with E-state index in [1.54, 1.807) is 0 Å². The lowest BCUT2D eigenvalue weighted by molar-refractivity contribution is 0.549. The predicted octanol–water partition coefficient (Wildman–Crippen LogP) is 1.92. The molecule has 1 aromatic heterocycles. The molecule has 1 fully saturated rings. The lowest BCUT2D eigenvalue weighted by Gasteiger charge is -2.12. The van der Waals surface area contributed by atoms with Crippen LogP contribution in [-0.2, 0) is 16.4 Å². The van der Waals surface area contributed by atoms with E-state index in [2.05, 4.69) is 21.6 Å². The van der Waals surface area contributed by atoms with Gasteiger partial charge in [-0.25, -0.2) is 18.1 Å². The quantitative estimate of drug-likeness (QED) is 0.842. The van der Waals surface area contributed by atoms with Gasteiger partial charge >= 0.3 is 0 Å². The van der Waals surface area contributed by atoms with Crippen LogP contribution in [0, 0.1) is 0 Å². The summed E-state index contributed by atoms with van der Waals surface area (Å²) in [5.41, 5.74) is 0. The number of rotatable bonds is 6. The van der Waals surface area contributed by atoms with Crippen molar-refractivity contribution in [3.8, 4) is 0 Å². The first-order chi connectivity index (χ1) is 9.05. The van der Waals surface area contributed by atoms with Gasteiger partial charge in [-0.1, -0.05) is 13.8 Å². The van der Waals surface area contributed by atoms with Crippen LogP contribution in [-0.4, -0.2) is 35.4 Å². The minimum atomic E-state index is -3.45. The summed E-state index contributed by atoms with van der Waals surface area (Å²) in [4.78, 5) is 6.89. The Kier molecular flexibility index (Phi) is 4.92. The van der Waals surface area contributed by atoms with Gasteiger partial charge in [-0.05, 0) is 25.0 Å². The molecule has 2 atom stereocenters. The summed E-state index contributed by atoms with van der Waals surface area (Å²) in [6.45, 7) is 4.07. The molecule has 7 heteroatoms. The molecule has 0 bridgehead atoms. The largest absolute Gasteiger partial charge is 0.332 e. The van der Waals surface area contributed by atoms with Crippen LogP contribution in [0.5, 0.6) is 0 Å². The summed E-state index contributed by atoms with van der Waals surface area (Å²) in [6.07, 6.45) is 5.04. The zero-order valence-corrected chi connectivity index (χ0v) is 13.0. The van der Waals surface area contributed by atoms with Crippen molar-refractivity contribution in [2.45, 2.75) is 55.8 Å². The number of nitrogens with zero attached hydrogens (tertiary/aromatic N) is 1. The van der Waals surface area contributed by atoms with Crippen molar-refractivity contribution in [1.82, 2.24) is 14.7 Å². The van der Waals surface area contributed by atoms with Crippen LogP contribution in [0.25, 0.3) is 0 Å². The van der Waals surface area contributed by atoms with Gasteiger partial charge in [0, 0.05) is 17.7 Å². The van der Waals surface area contributed by atoms with Gasteiger partial charge in [-0.3, -0.25) is 0 Å². The second-order valence-electron chi connectivity index (χ2n) is 4.76. The molecule has 0 aromatic carbocycles. The second-order valence-corrected chi connectivity index (χ2v) is 8.02. The number of aryl methyl sites for hydroxylation is 1. The van der Waals surface area contributed by atoms with Crippen LogP contribution >= 0.6 is 11.8 Å². The maximum Gasteiger partial charge on any atom is 0.257 e. The topological polar surface area (TPSA) is 74.8 Å². The summed E-state index contributed by atoms with van der Waals surface area (Å²) in [6, 6.07) is 0.0578. The standard InChI is InChI=1S/C12H21N3O2S2/c1-3-11-13-8-12(14-11)19(16,17)15-9-5-6-10(7-9)18-4-2/h8-10,15H,3-7H2,1-2H3,(H,13,14). The highest BCUT2D eigenvalue weighted by Gasteiger charge is 2.29. The number of sulfonamides is 1. The van der Waals surface area contributed by atoms with Crippen LogP contribution in [0.2, 0.25) is 0 Å².